The number of para-hydroxylation sites is 1. The Hall–Kier alpha value is -2.32. The van der Waals surface area contributed by atoms with Gasteiger partial charge in [-0.3, -0.25) is 0 Å². The van der Waals surface area contributed by atoms with Crippen molar-refractivity contribution in [2.24, 2.45) is 0 Å². The van der Waals surface area contributed by atoms with E-state index in [0.29, 0.717) is 5.69 Å². The van der Waals surface area contributed by atoms with E-state index in [1.54, 1.807) is 6.20 Å². The summed E-state index contributed by atoms with van der Waals surface area (Å²) in [5.74, 6) is 1.50. The number of nitrogens with zero attached hydrogens (tertiary/aromatic N) is 2. The zero-order valence-electron chi connectivity index (χ0n) is 11.2. The summed E-state index contributed by atoms with van der Waals surface area (Å²) in [6.07, 6.45) is 1.76. The number of hydrogen-bond donors (Lipinski definition) is 1. The Morgan fingerprint density at radius 2 is 1.71 bits per heavy atom. The van der Waals surface area contributed by atoms with Gasteiger partial charge in [-0.1, -0.05) is 0 Å². The zero-order valence-corrected chi connectivity index (χ0v) is 13.7. The van der Waals surface area contributed by atoms with Crippen molar-refractivity contribution in [3.05, 3.63) is 60.8 Å². The average Bonchev–Trinajstić information content (AvgIpc) is 2.50. The average molecular weight is 339 g/mol. The van der Waals surface area contributed by atoms with Crippen LogP contribution in [0.4, 0.5) is 5.69 Å². The topological polar surface area (TPSA) is 61.0 Å². The molecule has 1 unspecified atom stereocenters. The van der Waals surface area contributed by atoms with Gasteiger partial charge in [0.2, 0.25) is 0 Å². The number of nitrogens with two attached hydrogens (primary N) is 1. The number of benzene rings is 2. The van der Waals surface area contributed by atoms with Crippen LogP contribution in [-0.2, 0) is 0 Å². The molecule has 0 aliphatic carbocycles. The van der Waals surface area contributed by atoms with Gasteiger partial charge in [-0.05, 0) is 0 Å². The molecular weight excluding hydrogens is 325 g/mol. The fourth-order valence-corrected chi connectivity index (χ4v) is 2.43. The Bertz CT molecular complexity index is 759. The van der Waals surface area contributed by atoms with Crippen molar-refractivity contribution in [2.75, 3.05) is 5.73 Å². The van der Waals surface area contributed by atoms with E-state index in [-0.39, 0.29) is 0 Å². The molecule has 3 aromatic rings. The molecule has 0 fully saturated rings. The fourth-order valence-electron chi connectivity index (χ4n) is 1.95. The molecule has 1 aromatic heterocycles. The summed E-state index contributed by atoms with van der Waals surface area (Å²) in [5, 5.41) is 0. The van der Waals surface area contributed by atoms with Gasteiger partial charge >= 0.3 is 131 Å². The van der Waals surface area contributed by atoms with E-state index in [2.05, 4.69) is 9.97 Å². The van der Waals surface area contributed by atoms with Crippen LogP contribution < -0.4 is 15.1 Å². The van der Waals surface area contributed by atoms with Crippen molar-refractivity contribution in [1.29, 1.82) is 0 Å². The monoisotopic (exact) mass is 339 g/mol. The predicted octanol–water partition coefficient (Wildman–Crippen LogP) is 1.78. The minimum absolute atomic E-state index is 0.712. The first-order chi connectivity index (χ1) is 10.2. The third kappa shape index (κ3) is 3.23. The molecule has 0 bridgehead atoms. The molecule has 2 N–H and O–H groups in total. The summed E-state index contributed by atoms with van der Waals surface area (Å²) in [4.78, 5) is 8.63. The third-order valence-electron chi connectivity index (χ3n) is 2.95. The Morgan fingerprint density at radius 3 is 2.48 bits per heavy atom. The second kappa shape index (κ2) is 5.98. The van der Waals surface area contributed by atoms with Crippen LogP contribution in [0, 0.1) is 0 Å². The predicted molar refractivity (Wildman–Crippen MR) is 86.6 cm³/mol. The quantitative estimate of drug-likeness (QED) is 0.584. The van der Waals surface area contributed by atoms with Crippen molar-refractivity contribution in [3.8, 4) is 22.8 Å². The van der Waals surface area contributed by atoms with Gasteiger partial charge in [-0.15, -0.1) is 0 Å². The Morgan fingerprint density at radius 1 is 0.952 bits per heavy atom. The second-order valence-electron chi connectivity index (χ2n) is 4.47. The molecule has 5 heteroatoms. The van der Waals surface area contributed by atoms with Crippen LogP contribution in [0.15, 0.2) is 60.8 Å². The molecule has 4 nitrogen and oxygen atoms in total. The molecule has 0 saturated heterocycles. The molecule has 0 radical (unpaired) electrons. The van der Waals surface area contributed by atoms with Gasteiger partial charge in [0, 0.05) is 0 Å². The molecular formula is C16H14AsN3O. The first-order valence-corrected chi connectivity index (χ1v) is 7.65. The normalized spacial score (nSPS) is 10.3. The molecule has 0 amide bonds. The van der Waals surface area contributed by atoms with Crippen molar-refractivity contribution in [3.63, 3.8) is 0 Å². The van der Waals surface area contributed by atoms with E-state index in [1.165, 1.54) is 16.9 Å². The molecule has 104 valence electrons. The molecule has 0 aliphatic rings. The van der Waals surface area contributed by atoms with Crippen LogP contribution in [0.3, 0.4) is 0 Å². The summed E-state index contributed by atoms with van der Waals surface area (Å²) < 4.78 is 6.74. The first kappa shape index (κ1) is 13.7. The molecule has 2 aromatic carbocycles. The molecule has 0 aliphatic heterocycles. The zero-order chi connectivity index (χ0) is 14.7. The van der Waals surface area contributed by atoms with Gasteiger partial charge in [0.1, 0.15) is 0 Å². The number of hydrogen-bond acceptors (Lipinski definition) is 4. The first-order valence-electron chi connectivity index (χ1n) is 6.44. The molecule has 0 saturated carbocycles. The number of rotatable bonds is 3. The maximum absolute atomic E-state index is 5.95. The minimum atomic E-state index is 0.712. The van der Waals surface area contributed by atoms with Gasteiger partial charge in [-0.25, -0.2) is 0 Å². The standard InChI is InChI=1S/C16H14AsN3O/c17-16-19-10-9-14(20-16)13-3-1-2-4-15(13)21-12-7-5-11(18)6-8-12/h1-10H,17-18H2. The molecule has 21 heavy (non-hydrogen) atoms. The van der Waals surface area contributed by atoms with Crippen molar-refractivity contribution >= 4 is 27.2 Å². The van der Waals surface area contributed by atoms with Gasteiger partial charge in [0.15, 0.2) is 0 Å². The van der Waals surface area contributed by atoms with Gasteiger partial charge in [-0.2, -0.15) is 0 Å². The van der Waals surface area contributed by atoms with E-state index >= 15 is 0 Å². The number of aromatic nitrogens is 2. The molecule has 0 spiro atoms. The van der Waals surface area contributed by atoms with E-state index < -0.39 is 0 Å². The van der Waals surface area contributed by atoms with E-state index in [0.717, 1.165) is 27.4 Å². The van der Waals surface area contributed by atoms with Crippen LogP contribution in [0.25, 0.3) is 11.3 Å². The maximum atomic E-state index is 5.95. The summed E-state index contributed by atoms with van der Waals surface area (Å²) in [6, 6.07) is 17.0. The number of ether oxygens (including phenoxy) is 1. The second-order valence-corrected chi connectivity index (χ2v) is 5.55. The summed E-state index contributed by atoms with van der Waals surface area (Å²) >= 11 is 1.40. The van der Waals surface area contributed by atoms with Gasteiger partial charge in [0.25, 0.3) is 0 Å². The van der Waals surface area contributed by atoms with Crippen LogP contribution in [0.1, 0.15) is 0 Å². The van der Waals surface area contributed by atoms with Crippen molar-refractivity contribution in [1.82, 2.24) is 9.97 Å². The molecule has 1 atom stereocenters. The Kier molecular flexibility index (Phi) is 3.89. The summed E-state index contributed by atoms with van der Waals surface area (Å²) in [6.45, 7) is 0. The number of anilines is 1. The van der Waals surface area contributed by atoms with E-state index in [1.807, 2.05) is 54.6 Å². The van der Waals surface area contributed by atoms with Crippen LogP contribution in [-0.4, -0.2) is 26.8 Å². The fraction of sp³-hybridized carbons (Fsp3) is 0. The van der Waals surface area contributed by atoms with Crippen LogP contribution in [0.2, 0.25) is 0 Å². The Labute approximate surface area is 131 Å². The third-order valence-corrected chi connectivity index (χ3v) is 3.53. The van der Waals surface area contributed by atoms with Crippen molar-refractivity contribution in [2.45, 2.75) is 0 Å². The van der Waals surface area contributed by atoms with E-state index in [4.69, 9.17) is 10.5 Å². The number of nitrogen functional groups attached to an aromatic ring is 1. The Balaban J connectivity index is 1.98. The van der Waals surface area contributed by atoms with E-state index in [9.17, 15) is 0 Å². The van der Waals surface area contributed by atoms with Crippen molar-refractivity contribution < 1.29 is 4.74 Å². The van der Waals surface area contributed by atoms with Gasteiger partial charge in [0.05, 0.1) is 0 Å². The summed E-state index contributed by atoms with van der Waals surface area (Å²) in [7, 11) is 0. The van der Waals surface area contributed by atoms with Crippen LogP contribution >= 0.6 is 0 Å². The molecule has 3 rings (SSSR count). The summed E-state index contributed by atoms with van der Waals surface area (Å²) in [5.41, 5.74) is 8.20. The SMILES string of the molecule is Nc1ccc(Oc2ccccc2-c2ccnc([AsH2])n2)cc1. The van der Waals surface area contributed by atoms with Crippen LogP contribution in [0.5, 0.6) is 11.5 Å². The molecule has 1 heterocycles. The van der Waals surface area contributed by atoms with Gasteiger partial charge < -0.3 is 0 Å².